The summed E-state index contributed by atoms with van der Waals surface area (Å²) in [5, 5.41) is 5.54. The Balaban J connectivity index is 1.86. The molecule has 28 heavy (non-hydrogen) atoms. The number of rotatable bonds is 4. The third-order valence-electron chi connectivity index (χ3n) is 4.51. The second-order valence-electron chi connectivity index (χ2n) is 6.90. The number of nitrogens with one attached hydrogen (secondary N) is 2. The number of anilines is 2. The van der Waals surface area contributed by atoms with E-state index in [1.807, 2.05) is 18.2 Å². The number of alkyl halides is 1. The lowest BCUT2D eigenvalue weighted by Crippen LogP contribution is -2.35. The Bertz CT molecular complexity index is 886. The van der Waals surface area contributed by atoms with Gasteiger partial charge in [0.15, 0.2) is 12.0 Å². The Hall–Kier alpha value is -3.10. The molecule has 2 amide bonds. The van der Waals surface area contributed by atoms with Crippen LogP contribution in [0.2, 0.25) is 0 Å². The van der Waals surface area contributed by atoms with E-state index < -0.39 is 18.0 Å². The van der Waals surface area contributed by atoms with Crippen LogP contribution in [0.4, 0.5) is 16.3 Å². The minimum atomic E-state index is -1.46. The number of likely N-dealkylation sites (N-methyl/N-ethyl adjacent to an activating group) is 1. The second-order valence-corrected chi connectivity index (χ2v) is 6.90. The third kappa shape index (κ3) is 4.41. The van der Waals surface area contributed by atoms with E-state index in [0.29, 0.717) is 0 Å². The van der Waals surface area contributed by atoms with Gasteiger partial charge in [0.05, 0.1) is 6.04 Å². The molecule has 1 heterocycles. The van der Waals surface area contributed by atoms with Crippen molar-refractivity contribution in [1.82, 2.24) is 19.9 Å². The van der Waals surface area contributed by atoms with Crippen molar-refractivity contribution in [2.45, 2.75) is 38.4 Å². The van der Waals surface area contributed by atoms with Gasteiger partial charge < -0.3 is 10.2 Å². The molecule has 0 saturated carbocycles. The van der Waals surface area contributed by atoms with Crippen molar-refractivity contribution in [3.05, 3.63) is 41.2 Å². The quantitative estimate of drug-likeness (QED) is 0.783. The number of hydrogen-bond donors (Lipinski definition) is 2. The van der Waals surface area contributed by atoms with Gasteiger partial charge in [-0.3, -0.25) is 14.9 Å². The summed E-state index contributed by atoms with van der Waals surface area (Å²) in [4.78, 5) is 37.1. The summed E-state index contributed by atoms with van der Waals surface area (Å²) in [6, 6.07) is 8.08. The molecular formula is C19H23FN6O2. The minimum absolute atomic E-state index is 0.0259. The van der Waals surface area contributed by atoms with Gasteiger partial charge in [0.2, 0.25) is 11.9 Å². The third-order valence-corrected chi connectivity index (χ3v) is 4.51. The zero-order chi connectivity index (χ0) is 20.3. The fourth-order valence-corrected chi connectivity index (χ4v) is 3.11. The molecule has 0 bridgehead atoms. The van der Waals surface area contributed by atoms with E-state index in [1.165, 1.54) is 26.6 Å². The van der Waals surface area contributed by atoms with Crippen molar-refractivity contribution in [3.8, 4) is 0 Å². The van der Waals surface area contributed by atoms with Gasteiger partial charge in [-0.1, -0.05) is 24.3 Å². The number of carbonyl (C=O) groups is 2. The Morgan fingerprint density at radius 3 is 2.61 bits per heavy atom. The number of benzene rings is 1. The van der Waals surface area contributed by atoms with E-state index in [9.17, 15) is 14.0 Å². The lowest BCUT2D eigenvalue weighted by molar-refractivity contribution is -0.141. The van der Waals surface area contributed by atoms with E-state index in [4.69, 9.17) is 0 Å². The molecular weight excluding hydrogens is 363 g/mol. The maximum Gasteiger partial charge on any atom is 0.316 e. The SMILES string of the molecule is C[C@@H](F)c1nc(NC(=O)C(=O)N(C)C)nc(N[C@@H]2CCCc3ccccc32)n1. The van der Waals surface area contributed by atoms with E-state index >= 15 is 0 Å². The summed E-state index contributed by atoms with van der Waals surface area (Å²) in [5.74, 6) is -1.78. The van der Waals surface area contributed by atoms with Gasteiger partial charge in [-0.05, 0) is 37.3 Å². The Morgan fingerprint density at radius 2 is 1.89 bits per heavy atom. The van der Waals surface area contributed by atoms with E-state index in [0.717, 1.165) is 29.7 Å². The Kier molecular flexibility index (Phi) is 5.81. The van der Waals surface area contributed by atoms with Crippen LogP contribution in [0.5, 0.6) is 0 Å². The summed E-state index contributed by atoms with van der Waals surface area (Å²) in [6.45, 7) is 1.30. The van der Waals surface area contributed by atoms with Gasteiger partial charge >= 0.3 is 11.8 Å². The van der Waals surface area contributed by atoms with Crippen LogP contribution >= 0.6 is 0 Å². The van der Waals surface area contributed by atoms with Crippen LogP contribution in [0.25, 0.3) is 0 Å². The number of halogens is 1. The molecule has 0 aliphatic heterocycles. The molecule has 2 aromatic rings. The van der Waals surface area contributed by atoms with Gasteiger partial charge in [0.25, 0.3) is 0 Å². The molecule has 1 aliphatic rings. The van der Waals surface area contributed by atoms with Gasteiger partial charge in [0.1, 0.15) is 0 Å². The number of fused-ring (bicyclic) bond motifs is 1. The minimum Gasteiger partial charge on any atom is -0.347 e. The van der Waals surface area contributed by atoms with Crippen LogP contribution in [0.15, 0.2) is 24.3 Å². The molecule has 0 saturated heterocycles. The van der Waals surface area contributed by atoms with Crippen LogP contribution in [-0.4, -0.2) is 45.8 Å². The van der Waals surface area contributed by atoms with Crippen LogP contribution in [0, 0.1) is 0 Å². The first-order valence-electron chi connectivity index (χ1n) is 9.12. The highest BCUT2D eigenvalue weighted by atomic mass is 19.1. The molecule has 3 rings (SSSR count). The van der Waals surface area contributed by atoms with Crippen molar-refractivity contribution in [2.24, 2.45) is 0 Å². The summed E-state index contributed by atoms with van der Waals surface area (Å²) in [7, 11) is 2.91. The van der Waals surface area contributed by atoms with Crippen molar-refractivity contribution < 1.29 is 14.0 Å². The number of nitrogens with zero attached hydrogens (tertiary/aromatic N) is 4. The zero-order valence-electron chi connectivity index (χ0n) is 16.1. The summed E-state index contributed by atoms with van der Waals surface area (Å²) >= 11 is 0. The predicted octanol–water partition coefficient (Wildman–Crippen LogP) is 2.42. The predicted molar refractivity (Wildman–Crippen MR) is 102 cm³/mol. The van der Waals surface area contributed by atoms with Crippen LogP contribution in [0.1, 0.15) is 48.9 Å². The van der Waals surface area contributed by atoms with Crippen molar-refractivity contribution in [1.29, 1.82) is 0 Å². The van der Waals surface area contributed by atoms with Crippen molar-refractivity contribution in [3.63, 3.8) is 0 Å². The van der Waals surface area contributed by atoms with Crippen LogP contribution in [0.3, 0.4) is 0 Å². The molecule has 148 valence electrons. The van der Waals surface area contributed by atoms with E-state index in [-0.39, 0.29) is 23.8 Å². The number of amides is 2. The highest BCUT2D eigenvalue weighted by Gasteiger charge is 2.23. The summed E-state index contributed by atoms with van der Waals surface area (Å²) < 4.78 is 13.9. The first-order chi connectivity index (χ1) is 13.3. The number of carbonyl (C=O) groups excluding carboxylic acids is 2. The van der Waals surface area contributed by atoms with Gasteiger partial charge in [-0.15, -0.1) is 0 Å². The Morgan fingerprint density at radius 1 is 1.18 bits per heavy atom. The molecule has 2 atom stereocenters. The van der Waals surface area contributed by atoms with Crippen LogP contribution < -0.4 is 10.6 Å². The monoisotopic (exact) mass is 386 g/mol. The summed E-state index contributed by atoms with van der Waals surface area (Å²) in [6.07, 6.45) is 1.44. The maximum atomic E-state index is 13.9. The molecule has 2 N–H and O–H groups in total. The highest BCUT2D eigenvalue weighted by molar-refractivity contribution is 6.39. The average molecular weight is 386 g/mol. The van der Waals surface area contributed by atoms with Crippen molar-refractivity contribution in [2.75, 3.05) is 24.7 Å². The molecule has 9 heteroatoms. The van der Waals surface area contributed by atoms with Crippen LogP contribution in [-0.2, 0) is 16.0 Å². The van der Waals surface area contributed by atoms with Gasteiger partial charge in [-0.25, -0.2) is 4.39 Å². The normalized spacial score (nSPS) is 16.6. The second kappa shape index (κ2) is 8.28. The smallest absolute Gasteiger partial charge is 0.316 e. The lowest BCUT2D eigenvalue weighted by atomic mass is 9.88. The molecule has 0 spiro atoms. The number of aromatic nitrogens is 3. The molecule has 0 radical (unpaired) electrons. The first-order valence-corrected chi connectivity index (χ1v) is 9.12. The molecule has 1 aliphatic carbocycles. The standard InChI is InChI=1S/C19H23FN6O2/c1-11(20)15-22-18(25-19(23-15)24-16(27)17(28)26(2)3)21-14-10-6-8-12-7-4-5-9-13(12)14/h4-5,7,9,11,14H,6,8,10H2,1-3H3,(H2,21,22,23,24,25,27)/t11-,14-/m1/s1. The molecule has 0 fully saturated rings. The van der Waals surface area contributed by atoms with Gasteiger partial charge in [0, 0.05) is 14.1 Å². The first kappa shape index (κ1) is 19.7. The largest absolute Gasteiger partial charge is 0.347 e. The maximum absolute atomic E-state index is 13.9. The molecule has 1 aromatic heterocycles. The number of aryl methyl sites for hydroxylation is 1. The molecule has 0 unspecified atom stereocenters. The lowest BCUT2D eigenvalue weighted by Gasteiger charge is -2.26. The fraction of sp³-hybridized carbons (Fsp3) is 0.421. The van der Waals surface area contributed by atoms with E-state index in [1.54, 1.807) is 0 Å². The summed E-state index contributed by atoms with van der Waals surface area (Å²) in [5.41, 5.74) is 2.40. The highest BCUT2D eigenvalue weighted by Crippen LogP contribution is 2.32. The topological polar surface area (TPSA) is 100 Å². The van der Waals surface area contributed by atoms with Crippen molar-refractivity contribution >= 4 is 23.7 Å². The fourth-order valence-electron chi connectivity index (χ4n) is 3.11. The molecule has 8 nitrogen and oxygen atoms in total. The average Bonchev–Trinajstić information content (AvgIpc) is 2.67. The molecule has 1 aromatic carbocycles. The number of hydrogen-bond acceptors (Lipinski definition) is 6. The van der Waals surface area contributed by atoms with Gasteiger partial charge in [-0.2, -0.15) is 15.0 Å². The Labute approximate surface area is 162 Å². The zero-order valence-corrected chi connectivity index (χ0v) is 16.1. The van der Waals surface area contributed by atoms with E-state index in [2.05, 4.69) is 31.7 Å².